The first-order valence-corrected chi connectivity index (χ1v) is 4.51. The van der Waals surface area contributed by atoms with Gasteiger partial charge in [0.05, 0.1) is 0 Å². The van der Waals surface area contributed by atoms with Crippen molar-refractivity contribution in [3.8, 4) is 0 Å². The van der Waals surface area contributed by atoms with E-state index in [1.54, 1.807) is 4.68 Å². The molecule has 0 bridgehead atoms. The van der Waals surface area contributed by atoms with Crippen LogP contribution >= 0.6 is 0 Å². The zero-order valence-electron chi connectivity index (χ0n) is 7.60. The molecule has 0 spiro atoms. The Kier molecular flexibility index (Phi) is 1.86. The molecule has 0 unspecified atom stereocenters. The number of hydrogen-bond donors (Lipinski definition) is 0. The molecule has 0 N–H and O–H groups in total. The number of aromatic nitrogens is 4. The lowest BCUT2D eigenvalue weighted by Gasteiger charge is -2.04. The van der Waals surface area contributed by atoms with Gasteiger partial charge in [0.25, 0.3) is 0 Å². The molecule has 1 aliphatic rings. The third-order valence-corrected chi connectivity index (χ3v) is 2.56. The van der Waals surface area contributed by atoms with Crippen molar-refractivity contribution >= 4 is 6.29 Å². The van der Waals surface area contributed by atoms with Gasteiger partial charge in [-0.2, -0.15) is 0 Å². The zero-order valence-corrected chi connectivity index (χ0v) is 7.60. The molecule has 0 atom stereocenters. The fourth-order valence-corrected chi connectivity index (χ4v) is 1.41. The monoisotopic (exact) mass is 180 g/mol. The highest BCUT2D eigenvalue weighted by atomic mass is 16.1. The second-order valence-corrected chi connectivity index (χ2v) is 3.57. The maximum absolute atomic E-state index is 10.7. The summed E-state index contributed by atoms with van der Waals surface area (Å²) in [6.07, 6.45) is 3.69. The fraction of sp³-hybridized carbons (Fsp3) is 0.750. The van der Waals surface area contributed by atoms with E-state index in [-0.39, 0.29) is 5.41 Å². The minimum absolute atomic E-state index is 0.137. The van der Waals surface area contributed by atoms with E-state index in [4.69, 9.17) is 0 Å². The zero-order chi connectivity index (χ0) is 9.31. The van der Waals surface area contributed by atoms with Crippen LogP contribution in [0.5, 0.6) is 0 Å². The minimum atomic E-state index is -0.137. The molecular formula is C8H12N4O. The van der Waals surface area contributed by atoms with Gasteiger partial charge in [-0.25, -0.2) is 4.68 Å². The smallest absolute Gasteiger partial charge is 0.152 e. The van der Waals surface area contributed by atoms with Crippen LogP contribution in [0.1, 0.15) is 25.6 Å². The molecule has 1 aromatic heterocycles. The van der Waals surface area contributed by atoms with Crippen LogP contribution in [-0.4, -0.2) is 26.5 Å². The minimum Gasteiger partial charge on any atom is -0.303 e. The molecule has 1 heterocycles. The Labute approximate surface area is 76.1 Å². The molecular weight excluding hydrogens is 168 g/mol. The first-order valence-electron chi connectivity index (χ1n) is 4.51. The lowest BCUT2D eigenvalue weighted by molar-refractivity contribution is -0.112. The van der Waals surface area contributed by atoms with Gasteiger partial charge in [0.2, 0.25) is 0 Å². The molecule has 0 saturated heterocycles. The normalized spacial score (nSPS) is 18.5. The summed E-state index contributed by atoms with van der Waals surface area (Å²) in [4.78, 5) is 10.7. The average Bonchev–Trinajstić information content (AvgIpc) is 2.78. The fourth-order valence-electron chi connectivity index (χ4n) is 1.41. The van der Waals surface area contributed by atoms with E-state index in [1.165, 1.54) is 0 Å². The molecule has 1 aliphatic carbocycles. The molecule has 13 heavy (non-hydrogen) atoms. The predicted octanol–water partition coefficient (Wildman–Crippen LogP) is 0.215. The van der Waals surface area contributed by atoms with Crippen LogP contribution in [0.25, 0.3) is 0 Å². The predicted molar refractivity (Wildman–Crippen MR) is 44.9 cm³/mol. The Morgan fingerprint density at radius 1 is 1.62 bits per heavy atom. The number of aldehydes is 1. The quantitative estimate of drug-likeness (QED) is 0.622. The molecule has 2 rings (SSSR count). The van der Waals surface area contributed by atoms with Gasteiger partial charge in [0, 0.05) is 18.4 Å². The highest BCUT2D eigenvalue weighted by Gasteiger charge is 2.43. The van der Waals surface area contributed by atoms with Gasteiger partial charge in [-0.1, -0.05) is 0 Å². The van der Waals surface area contributed by atoms with Crippen LogP contribution in [0, 0.1) is 5.41 Å². The number of carbonyl (C=O) groups is 1. The van der Waals surface area contributed by atoms with E-state index in [1.807, 2.05) is 6.92 Å². The third-order valence-electron chi connectivity index (χ3n) is 2.56. The number of rotatable bonds is 4. The van der Waals surface area contributed by atoms with Crippen molar-refractivity contribution in [3.05, 3.63) is 5.82 Å². The van der Waals surface area contributed by atoms with E-state index >= 15 is 0 Å². The molecule has 0 aliphatic heterocycles. The van der Waals surface area contributed by atoms with Crippen molar-refractivity contribution in [2.45, 2.75) is 32.7 Å². The summed E-state index contributed by atoms with van der Waals surface area (Å²) in [6.45, 7) is 2.75. The Hall–Kier alpha value is -1.26. The summed E-state index contributed by atoms with van der Waals surface area (Å²) in [5.41, 5.74) is -0.137. The Morgan fingerprint density at radius 3 is 2.92 bits per heavy atom. The van der Waals surface area contributed by atoms with Crippen molar-refractivity contribution in [2.24, 2.45) is 5.41 Å². The summed E-state index contributed by atoms with van der Waals surface area (Å²) in [5.74, 6) is 0.826. The number of carbonyl (C=O) groups excluding carboxylic acids is 1. The van der Waals surface area contributed by atoms with Gasteiger partial charge < -0.3 is 4.79 Å². The van der Waals surface area contributed by atoms with Crippen molar-refractivity contribution in [2.75, 3.05) is 0 Å². The van der Waals surface area contributed by atoms with E-state index in [2.05, 4.69) is 15.5 Å². The van der Waals surface area contributed by atoms with E-state index in [0.717, 1.165) is 31.5 Å². The Morgan fingerprint density at radius 2 is 2.38 bits per heavy atom. The first kappa shape index (κ1) is 8.34. The van der Waals surface area contributed by atoms with Gasteiger partial charge in [-0.3, -0.25) is 0 Å². The van der Waals surface area contributed by atoms with E-state index in [0.29, 0.717) is 6.42 Å². The van der Waals surface area contributed by atoms with Crippen molar-refractivity contribution in [3.63, 3.8) is 0 Å². The van der Waals surface area contributed by atoms with Gasteiger partial charge in [-0.05, 0) is 30.2 Å². The molecule has 5 heteroatoms. The molecule has 0 amide bonds. The second kappa shape index (κ2) is 2.90. The number of aryl methyl sites for hydroxylation is 1. The molecule has 1 fully saturated rings. The van der Waals surface area contributed by atoms with Crippen molar-refractivity contribution in [1.29, 1.82) is 0 Å². The number of tetrazole rings is 1. The molecule has 5 nitrogen and oxygen atoms in total. The van der Waals surface area contributed by atoms with Crippen molar-refractivity contribution in [1.82, 2.24) is 20.2 Å². The van der Waals surface area contributed by atoms with Gasteiger partial charge in [-0.15, -0.1) is 5.10 Å². The molecule has 0 aromatic carbocycles. The molecule has 1 saturated carbocycles. The maximum Gasteiger partial charge on any atom is 0.152 e. The van der Waals surface area contributed by atoms with E-state index in [9.17, 15) is 4.79 Å². The first-order chi connectivity index (χ1) is 6.29. The lowest BCUT2D eigenvalue weighted by Crippen LogP contribution is -2.12. The molecule has 1 aromatic rings. The van der Waals surface area contributed by atoms with Crippen LogP contribution < -0.4 is 0 Å². The van der Waals surface area contributed by atoms with Gasteiger partial charge in [0.15, 0.2) is 5.82 Å². The lowest BCUT2D eigenvalue weighted by atomic mass is 10.1. The summed E-state index contributed by atoms with van der Waals surface area (Å²) in [7, 11) is 0. The Bertz CT molecular complexity index is 316. The second-order valence-electron chi connectivity index (χ2n) is 3.57. The largest absolute Gasteiger partial charge is 0.303 e. The summed E-state index contributed by atoms with van der Waals surface area (Å²) >= 11 is 0. The van der Waals surface area contributed by atoms with Crippen LogP contribution in [0.2, 0.25) is 0 Å². The standard InChI is InChI=1S/C8H12N4O/c1-2-12-7(9-10-11-12)5-8(6-13)3-4-8/h6H,2-5H2,1H3. The highest BCUT2D eigenvalue weighted by Crippen LogP contribution is 2.45. The van der Waals surface area contributed by atoms with Crippen molar-refractivity contribution < 1.29 is 4.79 Å². The van der Waals surface area contributed by atoms with Crippen LogP contribution in [0.4, 0.5) is 0 Å². The average molecular weight is 180 g/mol. The summed E-state index contributed by atoms with van der Waals surface area (Å²) in [5, 5.41) is 11.3. The van der Waals surface area contributed by atoms with Crippen LogP contribution in [0.15, 0.2) is 0 Å². The summed E-state index contributed by atoms with van der Waals surface area (Å²) in [6, 6.07) is 0. The van der Waals surface area contributed by atoms with Crippen LogP contribution in [-0.2, 0) is 17.8 Å². The highest BCUT2D eigenvalue weighted by molar-refractivity contribution is 5.63. The van der Waals surface area contributed by atoms with Gasteiger partial charge >= 0.3 is 0 Å². The van der Waals surface area contributed by atoms with Crippen LogP contribution in [0.3, 0.4) is 0 Å². The topological polar surface area (TPSA) is 60.7 Å². The Balaban J connectivity index is 2.13. The van der Waals surface area contributed by atoms with Gasteiger partial charge in [0.1, 0.15) is 6.29 Å². The molecule has 70 valence electrons. The third kappa shape index (κ3) is 1.46. The summed E-state index contributed by atoms with van der Waals surface area (Å²) < 4.78 is 1.74. The number of hydrogen-bond acceptors (Lipinski definition) is 4. The SMILES string of the molecule is CCn1nnnc1CC1(C=O)CC1. The number of nitrogens with zero attached hydrogens (tertiary/aromatic N) is 4. The molecule has 0 radical (unpaired) electrons. The maximum atomic E-state index is 10.7. The van der Waals surface area contributed by atoms with E-state index < -0.39 is 0 Å².